The summed E-state index contributed by atoms with van der Waals surface area (Å²) in [5, 5.41) is 23.0. The number of hydrogen-bond acceptors (Lipinski definition) is 6. The first-order valence-electron chi connectivity index (χ1n) is 15.5. The van der Waals surface area contributed by atoms with Crippen molar-refractivity contribution in [2.45, 2.75) is 115 Å². The summed E-state index contributed by atoms with van der Waals surface area (Å²) in [6.07, 6.45) is 12.4. The fourth-order valence-electron chi connectivity index (χ4n) is 11.0. The summed E-state index contributed by atoms with van der Waals surface area (Å²) in [5.41, 5.74) is 0.397. The average molecular weight is 503 g/mol. The minimum atomic E-state index is -0.346. The predicted octanol–water partition coefficient (Wildman–Crippen LogP) is 3.64. The molecule has 0 amide bonds. The van der Waals surface area contributed by atoms with Crippen molar-refractivity contribution in [3.63, 3.8) is 0 Å². The van der Waals surface area contributed by atoms with Gasteiger partial charge < -0.3 is 19.7 Å². The monoisotopic (exact) mass is 502 g/mol. The largest absolute Gasteiger partial charge is 0.391 e. The zero-order valence-corrected chi connectivity index (χ0v) is 22.7. The van der Waals surface area contributed by atoms with E-state index < -0.39 is 0 Å². The van der Waals surface area contributed by atoms with E-state index in [-0.39, 0.29) is 29.5 Å². The average Bonchev–Trinajstić information content (AvgIpc) is 3.61. The van der Waals surface area contributed by atoms with Crippen LogP contribution in [0.2, 0.25) is 0 Å². The Labute approximate surface area is 218 Å². The number of hydrogen-bond donors (Lipinski definition) is 2. The van der Waals surface area contributed by atoms with Gasteiger partial charge in [-0.1, -0.05) is 13.8 Å². The van der Waals surface area contributed by atoms with Crippen LogP contribution in [0.4, 0.5) is 0 Å². The van der Waals surface area contributed by atoms with E-state index >= 15 is 0 Å². The van der Waals surface area contributed by atoms with Gasteiger partial charge in [-0.3, -0.25) is 9.80 Å². The van der Waals surface area contributed by atoms with Crippen LogP contribution in [0.1, 0.15) is 84.5 Å². The molecule has 0 aromatic heterocycles. The van der Waals surface area contributed by atoms with Gasteiger partial charge in [0.1, 0.15) is 0 Å². The zero-order chi connectivity index (χ0) is 24.7. The second-order valence-electron chi connectivity index (χ2n) is 14.4. The van der Waals surface area contributed by atoms with E-state index in [0.717, 1.165) is 63.8 Å². The Morgan fingerprint density at radius 3 is 2.14 bits per heavy atom. The lowest BCUT2D eigenvalue weighted by Gasteiger charge is -2.62. The molecule has 3 heterocycles. The molecular formula is C30H50N2O4. The Hall–Kier alpha value is -0.240. The maximum absolute atomic E-state index is 11.6. The van der Waals surface area contributed by atoms with Crippen LogP contribution in [0.25, 0.3) is 0 Å². The summed E-state index contributed by atoms with van der Waals surface area (Å²) in [7, 11) is 0. The van der Waals surface area contributed by atoms with Gasteiger partial charge in [-0.2, -0.15) is 0 Å². The van der Waals surface area contributed by atoms with Gasteiger partial charge in [0, 0.05) is 38.0 Å². The molecule has 7 fully saturated rings. The van der Waals surface area contributed by atoms with Crippen LogP contribution in [0, 0.1) is 34.5 Å². The second kappa shape index (κ2) is 8.89. The topological polar surface area (TPSA) is 65.4 Å². The van der Waals surface area contributed by atoms with Crippen LogP contribution in [0.5, 0.6) is 0 Å². The highest BCUT2D eigenvalue weighted by molar-refractivity contribution is 5.14. The smallest absolute Gasteiger partial charge is 0.170 e. The first-order valence-corrected chi connectivity index (χ1v) is 15.5. The Kier molecular flexibility index (Phi) is 6.12. The van der Waals surface area contributed by atoms with Crippen LogP contribution in [0.3, 0.4) is 0 Å². The molecule has 204 valence electrons. The molecule has 6 nitrogen and oxygen atoms in total. The number of rotatable bonds is 2. The first kappa shape index (κ1) is 24.8. The van der Waals surface area contributed by atoms with E-state index in [2.05, 4.69) is 23.6 Å². The van der Waals surface area contributed by atoms with Crippen LogP contribution in [0.15, 0.2) is 0 Å². The molecule has 4 aliphatic carbocycles. The molecule has 10 atom stereocenters. The van der Waals surface area contributed by atoms with E-state index in [1.165, 1.54) is 58.0 Å². The molecule has 6 heteroatoms. The molecule has 2 N–H and O–H groups in total. The molecular weight excluding hydrogens is 452 g/mol. The van der Waals surface area contributed by atoms with Crippen molar-refractivity contribution >= 4 is 0 Å². The number of nitrogens with zero attached hydrogens (tertiary/aromatic N) is 2. The molecule has 0 aromatic rings. The maximum Gasteiger partial charge on any atom is 0.170 e. The maximum atomic E-state index is 11.6. The van der Waals surface area contributed by atoms with E-state index in [0.29, 0.717) is 23.3 Å². The van der Waals surface area contributed by atoms with E-state index in [9.17, 15) is 10.2 Å². The third-order valence-electron chi connectivity index (χ3n) is 13.1. The minimum absolute atomic E-state index is 0.0909. The van der Waals surface area contributed by atoms with Crippen LogP contribution >= 0.6 is 0 Å². The van der Waals surface area contributed by atoms with E-state index in [1.54, 1.807) is 0 Å². The van der Waals surface area contributed by atoms with Crippen LogP contribution in [-0.2, 0) is 9.47 Å². The number of piperidine rings is 1. The third kappa shape index (κ3) is 3.64. The lowest BCUT2D eigenvalue weighted by Crippen LogP contribution is -2.61. The first-order chi connectivity index (χ1) is 17.3. The Morgan fingerprint density at radius 1 is 0.722 bits per heavy atom. The van der Waals surface area contributed by atoms with Crippen molar-refractivity contribution in [3.8, 4) is 0 Å². The van der Waals surface area contributed by atoms with Gasteiger partial charge in [0.05, 0.1) is 25.4 Å². The Bertz CT molecular complexity index is 818. The molecule has 7 aliphatic rings. The normalized spacial score (nSPS) is 53.3. The lowest BCUT2D eigenvalue weighted by molar-refractivity contribution is -0.200. The van der Waals surface area contributed by atoms with Gasteiger partial charge in [0.2, 0.25) is 0 Å². The Balaban J connectivity index is 1.10. The van der Waals surface area contributed by atoms with E-state index in [1.807, 2.05) is 0 Å². The van der Waals surface area contributed by atoms with Crippen molar-refractivity contribution in [1.82, 2.24) is 9.80 Å². The fraction of sp³-hybridized carbons (Fsp3) is 1.00. The number of fused-ring (bicyclic) bond motifs is 5. The molecule has 0 bridgehead atoms. The third-order valence-corrected chi connectivity index (χ3v) is 13.1. The van der Waals surface area contributed by atoms with Crippen LogP contribution in [-0.4, -0.2) is 89.5 Å². The molecule has 0 aromatic carbocycles. The summed E-state index contributed by atoms with van der Waals surface area (Å²) in [5.74, 6) is 2.44. The predicted molar refractivity (Wildman–Crippen MR) is 138 cm³/mol. The van der Waals surface area contributed by atoms with Gasteiger partial charge >= 0.3 is 0 Å². The lowest BCUT2D eigenvalue weighted by atomic mass is 9.44. The van der Waals surface area contributed by atoms with Gasteiger partial charge in [0.25, 0.3) is 0 Å². The highest BCUT2D eigenvalue weighted by atomic mass is 16.7. The minimum Gasteiger partial charge on any atom is -0.391 e. The Morgan fingerprint density at radius 2 is 1.42 bits per heavy atom. The fourth-order valence-corrected chi connectivity index (χ4v) is 11.0. The quantitative estimate of drug-likeness (QED) is 0.601. The number of ether oxygens (including phenoxy) is 2. The highest BCUT2D eigenvalue weighted by Crippen LogP contribution is 2.67. The van der Waals surface area contributed by atoms with Crippen molar-refractivity contribution in [3.05, 3.63) is 0 Å². The summed E-state index contributed by atoms with van der Waals surface area (Å²) < 4.78 is 12.0. The molecule has 1 spiro atoms. The van der Waals surface area contributed by atoms with Gasteiger partial charge in [-0.15, -0.1) is 0 Å². The molecule has 3 saturated heterocycles. The standard InChI is InChI=1S/C30H50N2O4/c1-28-8-7-22-21(23(28)18-24(27(28)34)31-11-3-4-12-31)6-5-20-17-26(33)25(19-29(20,22)2)32-13-9-30(10-14-32)35-15-16-36-30/h20-27,33-34H,3-19H2,1-2H3/t20-,21+,22-,23-,24-,25-,26-,27-,28-,29-/m0/s1. The van der Waals surface area contributed by atoms with Gasteiger partial charge in [-0.25, -0.2) is 0 Å². The number of aliphatic hydroxyl groups excluding tert-OH is 2. The van der Waals surface area contributed by atoms with Crippen molar-refractivity contribution < 1.29 is 19.7 Å². The summed E-state index contributed by atoms with van der Waals surface area (Å²) in [6, 6.07) is 0.650. The highest BCUT2D eigenvalue weighted by Gasteiger charge is 2.64. The molecule has 4 saturated carbocycles. The number of aliphatic hydroxyl groups is 2. The number of likely N-dealkylation sites (tertiary alicyclic amines) is 2. The summed E-state index contributed by atoms with van der Waals surface area (Å²) in [4.78, 5) is 5.21. The molecule has 0 unspecified atom stereocenters. The van der Waals surface area contributed by atoms with Gasteiger partial charge in [0.15, 0.2) is 5.79 Å². The molecule has 36 heavy (non-hydrogen) atoms. The van der Waals surface area contributed by atoms with Crippen molar-refractivity contribution in [2.24, 2.45) is 34.5 Å². The summed E-state index contributed by atoms with van der Waals surface area (Å²) >= 11 is 0. The molecule has 0 radical (unpaired) electrons. The molecule has 3 aliphatic heterocycles. The molecule has 7 rings (SSSR count). The van der Waals surface area contributed by atoms with Crippen LogP contribution < -0.4 is 0 Å². The SMILES string of the molecule is C[C@]12C[C@H](N3CCC4(CC3)OCCO4)[C@@H](O)C[C@@H]1CC[C@@H]1[C@@H]2CC[C@]2(C)[C@@H](O)[C@@H](N3CCCC3)C[C@@H]12. The summed E-state index contributed by atoms with van der Waals surface area (Å²) in [6.45, 7) is 10.8. The zero-order valence-electron chi connectivity index (χ0n) is 22.7. The van der Waals surface area contributed by atoms with Crippen molar-refractivity contribution in [1.29, 1.82) is 0 Å². The van der Waals surface area contributed by atoms with Gasteiger partial charge in [-0.05, 0) is 105 Å². The second-order valence-corrected chi connectivity index (χ2v) is 14.4. The van der Waals surface area contributed by atoms with E-state index in [4.69, 9.17) is 9.47 Å². The van der Waals surface area contributed by atoms with Crippen molar-refractivity contribution in [2.75, 3.05) is 39.4 Å².